The lowest BCUT2D eigenvalue weighted by Gasteiger charge is -2.25. The van der Waals surface area contributed by atoms with Gasteiger partial charge in [-0.15, -0.1) is 0 Å². The lowest BCUT2D eigenvalue weighted by molar-refractivity contribution is -0.125. The highest BCUT2D eigenvalue weighted by atomic mass is 16.7. The third-order valence-electron chi connectivity index (χ3n) is 10.9. The first-order valence-electron chi connectivity index (χ1n) is 19.3. The number of nitrogens with zero attached hydrogens (tertiary/aromatic N) is 2. The van der Waals surface area contributed by atoms with Crippen LogP contribution in [0.3, 0.4) is 0 Å². The minimum Gasteiger partial charge on any atom is -0.441 e. The first kappa shape index (κ1) is 33.1. The zero-order valence-electron chi connectivity index (χ0n) is 30.4. The van der Waals surface area contributed by atoms with Gasteiger partial charge < -0.3 is 19.4 Å². The summed E-state index contributed by atoms with van der Waals surface area (Å²) < 4.78 is 13.9. The molecule has 55 heavy (non-hydrogen) atoms. The summed E-state index contributed by atoms with van der Waals surface area (Å²) in [4.78, 5) is 18.5. The number of fused-ring (bicyclic) bond motifs is 8. The zero-order valence-corrected chi connectivity index (χ0v) is 30.4. The van der Waals surface area contributed by atoms with E-state index in [-0.39, 0.29) is 6.10 Å². The van der Waals surface area contributed by atoms with Crippen LogP contribution in [-0.2, 0) is 4.74 Å². The molecule has 0 spiro atoms. The Kier molecular flexibility index (Phi) is 8.66. The number of aromatic amines is 2. The molecule has 10 rings (SSSR count). The predicted octanol–water partition coefficient (Wildman–Crippen LogP) is 12.6. The van der Waals surface area contributed by atoms with Gasteiger partial charge in [0, 0.05) is 33.2 Å². The first-order valence-corrected chi connectivity index (χ1v) is 19.3. The van der Waals surface area contributed by atoms with Gasteiger partial charge in [-0.25, -0.2) is 9.97 Å². The fourth-order valence-corrected chi connectivity index (χ4v) is 8.25. The Bertz CT molecular complexity index is 2680. The van der Waals surface area contributed by atoms with E-state index in [0.29, 0.717) is 5.88 Å². The van der Waals surface area contributed by atoms with Crippen LogP contribution < -0.4 is 4.74 Å². The molecule has 1 unspecified atom stereocenters. The van der Waals surface area contributed by atoms with E-state index in [0.717, 1.165) is 109 Å². The highest BCUT2D eigenvalue weighted by Gasteiger charge is 2.32. The third-order valence-corrected chi connectivity index (χ3v) is 10.9. The number of hydrogen-bond donors (Lipinski definition) is 2. The van der Waals surface area contributed by atoms with Gasteiger partial charge >= 0.3 is 0 Å². The molecule has 6 heteroatoms. The van der Waals surface area contributed by atoms with Crippen LogP contribution in [-0.4, -0.2) is 26.0 Å². The van der Waals surface area contributed by atoms with Crippen molar-refractivity contribution >= 4 is 34.2 Å². The molecule has 3 aliphatic rings. The van der Waals surface area contributed by atoms with Crippen LogP contribution >= 0.6 is 0 Å². The van der Waals surface area contributed by atoms with Crippen molar-refractivity contribution < 1.29 is 9.47 Å². The van der Waals surface area contributed by atoms with Gasteiger partial charge in [-0.1, -0.05) is 141 Å². The van der Waals surface area contributed by atoms with Crippen molar-refractivity contribution in [2.45, 2.75) is 44.5 Å². The quantitative estimate of drug-likeness (QED) is 0.180. The number of nitrogens with one attached hydrogen (secondary N) is 2. The molecule has 0 amide bonds. The van der Waals surface area contributed by atoms with Crippen molar-refractivity contribution in [1.29, 1.82) is 0 Å². The molecule has 1 saturated carbocycles. The normalized spacial score (nSPS) is 15.5. The molecule has 0 saturated heterocycles. The Morgan fingerprint density at radius 2 is 0.873 bits per heavy atom. The molecule has 5 heterocycles. The summed E-state index contributed by atoms with van der Waals surface area (Å²) >= 11 is 0. The first-order chi connectivity index (χ1) is 27.3. The maximum Gasteiger partial charge on any atom is 0.246 e. The van der Waals surface area contributed by atoms with Gasteiger partial charge in [-0.05, 0) is 71.5 Å². The van der Waals surface area contributed by atoms with Crippen molar-refractivity contribution in [3.8, 4) is 50.4 Å². The van der Waals surface area contributed by atoms with Crippen LogP contribution in [0.4, 0.5) is 0 Å². The molecule has 1 fully saturated rings. The highest BCUT2D eigenvalue weighted by Crippen LogP contribution is 2.44. The number of aromatic nitrogens is 4. The fourth-order valence-electron chi connectivity index (χ4n) is 8.25. The molecule has 3 aromatic heterocycles. The summed E-state index contributed by atoms with van der Waals surface area (Å²) in [5.74, 6) is 0.522. The van der Waals surface area contributed by atoms with Crippen LogP contribution in [0, 0.1) is 0 Å². The summed E-state index contributed by atoms with van der Waals surface area (Å²) in [6, 6.07) is 50.4. The summed E-state index contributed by atoms with van der Waals surface area (Å²) in [6.45, 7) is 0. The summed E-state index contributed by atoms with van der Waals surface area (Å²) in [6.07, 6.45) is 9.20. The zero-order chi connectivity index (χ0) is 36.6. The molecular formula is C49H40N4O2. The number of rotatable bonds is 6. The van der Waals surface area contributed by atoms with Gasteiger partial charge in [0.25, 0.3) is 0 Å². The van der Waals surface area contributed by atoms with E-state index >= 15 is 0 Å². The Balaban J connectivity index is 1.37. The van der Waals surface area contributed by atoms with E-state index in [9.17, 15) is 0 Å². The van der Waals surface area contributed by atoms with E-state index in [4.69, 9.17) is 19.4 Å². The summed E-state index contributed by atoms with van der Waals surface area (Å²) in [5.41, 5.74) is 14.2. The van der Waals surface area contributed by atoms with Crippen molar-refractivity contribution in [3.63, 3.8) is 0 Å². The second kappa shape index (κ2) is 14.4. The van der Waals surface area contributed by atoms with Crippen molar-refractivity contribution in [2.24, 2.45) is 0 Å². The predicted molar refractivity (Wildman–Crippen MR) is 223 cm³/mol. The van der Waals surface area contributed by atoms with Crippen LogP contribution in [0.15, 0.2) is 146 Å². The van der Waals surface area contributed by atoms with E-state index in [2.05, 4.69) is 150 Å². The van der Waals surface area contributed by atoms with Crippen LogP contribution in [0.5, 0.6) is 5.88 Å². The molecule has 1 aliphatic carbocycles. The number of hydrogen-bond acceptors (Lipinski definition) is 4. The van der Waals surface area contributed by atoms with E-state index < -0.39 is 6.29 Å². The molecule has 8 bridgehead atoms. The maximum absolute atomic E-state index is 6.99. The average molecular weight is 717 g/mol. The summed E-state index contributed by atoms with van der Waals surface area (Å²) in [7, 11) is 0. The minimum absolute atomic E-state index is 0.0873. The summed E-state index contributed by atoms with van der Waals surface area (Å²) in [5, 5.41) is 0. The average Bonchev–Trinajstić information content (AvgIpc) is 4.08. The molecule has 6 nitrogen and oxygen atoms in total. The molecule has 2 aliphatic heterocycles. The Hall–Kier alpha value is -6.50. The highest BCUT2D eigenvalue weighted by molar-refractivity contribution is 5.97. The Labute approximate surface area is 320 Å². The molecule has 1 atom stereocenters. The fraction of sp³-hybridized carbons (Fsp3) is 0.143. The SMILES string of the molecule is C1=Cc2nc1c(-c1ccccc1)c1ccc([nH]1)c(-c1ccccc1)c1nc(c(-c3ccccc3)c3ccc([nH]3)c2-c2ccccc2)C(OC2CCCCC2)O1. The smallest absolute Gasteiger partial charge is 0.246 e. The van der Waals surface area contributed by atoms with Gasteiger partial charge in [-0.3, -0.25) is 0 Å². The second-order valence-electron chi connectivity index (χ2n) is 14.4. The van der Waals surface area contributed by atoms with Gasteiger partial charge in [0.05, 0.1) is 28.6 Å². The lowest BCUT2D eigenvalue weighted by atomic mass is 9.97. The van der Waals surface area contributed by atoms with Gasteiger partial charge in [0.2, 0.25) is 12.2 Å². The molecule has 268 valence electrons. The van der Waals surface area contributed by atoms with E-state index in [1.807, 2.05) is 18.2 Å². The van der Waals surface area contributed by atoms with Gasteiger partial charge in [0.15, 0.2) is 0 Å². The van der Waals surface area contributed by atoms with Crippen molar-refractivity contribution in [3.05, 3.63) is 163 Å². The van der Waals surface area contributed by atoms with Crippen LogP contribution in [0.2, 0.25) is 0 Å². The van der Waals surface area contributed by atoms with E-state index in [1.54, 1.807) is 0 Å². The topological polar surface area (TPSA) is 75.8 Å². The number of benzene rings is 4. The molecule has 0 radical (unpaired) electrons. The monoisotopic (exact) mass is 716 g/mol. The third kappa shape index (κ3) is 6.34. The Morgan fingerprint density at radius 1 is 0.455 bits per heavy atom. The Morgan fingerprint density at radius 3 is 1.36 bits per heavy atom. The minimum atomic E-state index is -0.702. The van der Waals surface area contributed by atoms with Crippen LogP contribution in [0.25, 0.3) is 78.7 Å². The molecule has 2 N–H and O–H groups in total. The molecule has 7 aromatic rings. The molecular weight excluding hydrogens is 677 g/mol. The van der Waals surface area contributed by atoms with Crippen molar-refractivity contribution in [2.75, 3.05) is 0 Å². The maximum atomic E-state index is 6.99. The van der Waals surface area contributed by atoms with Gasteiger partial charge in [-0.2, -0.15) is 0 Å². The van der Waals surface area contributed by atoms with E-state index in [1.165, 1.54) is 6.42 Å². The number of ether oxygens (including phenoxy) is 2. The molecule has 4 aromatic carbocycles. The standard InChI is InChI=1S/C49H40N4O2/c1-6-16-32(17-7-1)43-37-26-27-38(50-37)44(33-18-8-2-9-19-33)40-29-31-42(52-40)46(35-22-12-4-13-23-35)48-53-47(49(55-48)54-36-24-14-5-15-25-36)45(34-20-10-3-11-21-34)41-30-28-39(43)51-41/h1-4,6-13,16-23,26-31,36,49,51-52H,5,14-15,24-25H2. The van der Waals surface area contributed by atoms with Crippen molar-refractivity contribution in [1.82, 2.24) is 19.9 Å². The largest absolute Gasteiger partial charge is 0.441 e. The van der Waals surface area contributed by atoms with Crippen LogP contribution in [0.1, 0.15) is 55.5 Å². The lowest BCUT2D eigenvalue weighted by Crippen LogP contribution is -2.21. The van der Waals surface area contributed by atoms with Gasteiger partial charge in [0.1, 0.15) is 5.69 Å². The second-order valence-corrected chi connectivity index (χ2v) is 14.4. The number of H-pyrrole nitrogens is 2.